The predicted molar refractivity (Wildman–Crippen MR) is 79.6 cm³/mol. The molecule has 0 spiro atoms. The van der Waals surface area contributed by atoms with Gasteiger partial charge < -0.3 is 0 Å². The normalized spacial score (nSPS) is 10.6. The van der Waals surface area contributed by atoms with E-state index in [1.807, 2.05) is 0 Å². The highest BCUT2D eigenvalue weighted by Crippen LogP contribution is 2.34. The van der Waals surface area contributed by atoms with Crippen LogP contribution in [0.25, 0.3) is 0 Å². The van der Waals surface area contributed by atoms with Crippen LogP contribution < -0.4 is 0 Å². The van der Waals surface area contributed by atoms with Crippen LogP contribution in [0.15, 0.2) is 32.5 Å². The molecule has 0 saturated carbocycles. The first-order chi connectivity index (χ1) is 7.99. The highest BCUT2D eigenvalue weighted by Gasteiger charge is 2.17. The molecule has 2 aromatic rings. The maximum Gasteiger partial charge on any atom is 0.204 e. The standard InChI is InChI=1S/C11H4Br2Cl2OS/c12-5-1-2-7(14)6(3-5)10(16)9-4-8(15)11(13)17-9/h1-4H. The van der Waals surface area contributed by atoms with Gasteiger partial charge in [0.15, 0.2) is 0 Å². The first-order valence-corrected chi connectivity index (χ1v) is 7.59. The Kier molecular flexibility index (Phi) is 4.31. The van der Waals surface area contributed by atoms with Crippen molar-refractivity contribution in [2.45, 2.75) is 0 Å². The highest BCUT2D eigenvalue weighted by molar-refractivity contribution is 9.11. The summed E-state index contributed by atoms with van der Waals surface area (Å²) in [6.07, 6.45) is 0. The van der Waals surface area contributed by atoms with Gasteiger partial charge in [0.2, 0.25) is 5.78 Å². The Bertz CT molecular complexity index is 576. The Hall–Kier alpha value is 0.130. The summed E-state index contributed by atoms with van der Waals surface area (Å²) >= 11 is 19.8. The van der Waals surface area contributed by atoms with Crippen molar-refractivity contribution in [3.05, 3.63) is 53.0 Å². The average Bonchev–Trinajstić information content (AvgIpc) is 2.62. The molecule has 0 aliphatic rings. The molecule has 1 nitrogen and oxygen atoms in total. The summed E-state index contributed by atoms with van der Waals surface area (Å²) in [5, 5.41) is 0.961. The fourth-order valence-corrected chi connectivity index (χ4v) is 3.48. The van der Waals surface area contributed by atoms with Crippen molar-refractivity contribution in [3.8, 4) is 0 Å². The Morgan fingerprint density at radius 3 is 2.41 bits per heavy atom. The highest BCUT2D eigenvalue weighted by atomic mass is 79.9. The number of carbonyl (C=O) groups excluding carboxylic acids is 1. The van der Waals surface area contributed by atoms with E-state index in [1.165, 1.54) is 11.3 Å². The second-order valence-electron chi connectivity index (χ2n) is 3.19. The molecule has 0 unspecified atom stereocenters. The quantitative estimate of drug-likeness (QED) is 0.566. The monoisotopic (exact) mass is 412 g/mol. The van der Waals surface area contributed by atoms with E-state index in [0.29, 0.717) is 20.5 Å². The smallest absolute Gasteiger partial charge is 0.204 e. The molecular formula is C11H4Br2Cl2OS. The number of hydrogen-bond donors (Lipinski definition) is 0. The molecule has 0 fully saturated rings. The fourth-order valence-electron chi connectivity index (χ4n) is 1.26. The first-order valence-electron chi connectivity index (χ1n) is 4.43. The SMILES string of the molecule is O=C(c1cc(Cl)c(Br)s1)c1cc(Br)ccc1Cl. The van der Waals surface area contributed by atoms with Crippen LogP contribution in [-0.4, -0.2) is 5.78 Å². The van der Waals surface area contributed by atoms with E-state index < -0.39 is 0 Å². The van der Waals surface area contributed by atoms with Gasteiger partial charge in [0.25, 0.3) is 0 Å². The van der Waals surface area contributed by atoms with Gasteiger partial charge >= 0.3 is 0 Å². The number of hydrogen-bond acceptors (Lipinski definition) is 2. The van der Waals surface area contributed by atoms with Crippen LogP contribution in [0.1, 0.15) is 15.2 Å². The van der Waals surface area contributed by atoms with Crippen LogP contribution in [0.3, 0.4) is 0 Å². The summed E-state index contributed by atoms with van der Waals surface area (Å²) in [5.74, 6) is -0.131. The van der Waals surface area contributed by atoms with Crippen LogP contribution in [0.5, 0.6) is 0 Å². The lowest BCUT2D eigenvalue weighted by molar-refractivity contribution is 0.104. The summed E-state index contributed by atoms with van der Waals surface area (Å²) in [6, 6.07) is 6.81. The largest absolute Gasteiger partial charge is 0.288 e. The summed E-state index contributed by atoms with van der Waals surface area (Å²) < 4.78 is 1.56. The van der Waals surface area contributed by atoms with Gasteiger partial charge in [0.1, 0.15) is 0 Å². The van der Waals surface area contributed by atoms with Crippen LogP contribution in [0.2, 0.25) is 10.0 Å². The maximum absolute atomic E-state index is 12.2. The van der Waals surface area contributed by atoms with Gasteiger partial charge in [-0.3, -0.25) is 4.79 Å². The molecule has 1 aromatic carbocycles. The van der Waals surface area contributed by atoms with Gasteiger partial charge in [0, 0.05) is 10.0 Å². The van der Waals surface area contributed by atoms with Gasteiger partial charge in [-0.2, -0.15) is 0 Å². The van der Waals surface area contributed by atoms with Gasteiger partial charge in [-0.15, -0.1) is 11.3 Å². The van der Waals surface area contributed by atoms with E-state index >= 15 is 0 Å². The third-order valence-corrected chi connectivity index (χ3v) is 5.34. The lowest BCUT2D eigenvalue weighted by Gasteiger charge is -2.02. The van der Waals surface area contributed by atoms with Gasteiger partial charge in [-0.1, -0.05) is 39.1 Å². The zero-order chi connectivity index (χ0) is 12.6. The molecule has 0 amide bonds. The molecule has 0 aliphatic carbocycles. The lowest BCUT2D eigenvalue weighted by Crippen LogP contribution is -1.99. The summed E-state index contributed by atoms with van der Waals surface area (Å²) in [6.45, 7) is 0. The van der Waals surface area contributed by atoms with Crippen molar-refractivity contribution in [3.63, 3.8) is 0 Å². The van der Waals surface area contributed by atoms with E-state index in [2.05, 4.69) is 31.9 Å². The lowest BCUT2D eigenvalue weighted by atomic mass is 10.1. The molecule has 2 rings (SSSR count). The Morgan fingerprint density at radius 1 is 1.12 bits per heavy atom. The van der Waals surface area contributed by atoms with Crippen molar-refractivity contribution in [2.24, 2.45) is 0 Å². The molecule has 0 aliphatic heterocycles. The topological polar surface area (TPSA) is 17.1 Å². The van der Waals surface area contributed by atoms with Crippen LogP contribution in [0, 0.1) is 0 Å². The zero-order valence-corrected chi connectivity index (χ0v) is 13.6. The number of carbonyl (C=O) groups is 1. The van der Waals surface area contributed by atoms with Crippen LogP contribution in [-0.2, 0) is 0 Å². The molecule has 17 heavy (non-hydrogen) atoms. The minimum Gasteiger partial charge on any atom is -0.288 e. The number of ketones is 1. The molecule has 1 aromatic heterocycles. The summed E-state index contributed by atoms with van der Waals surface area (Å²) in [4.78, 5) is 12.8. The Labute approximate surface area is 129 Å². The van der Waals surface area contributed by atoms with Crippen molar-refractivity contribution in [1.82, 2.24) is 0 Å². The third kappa shape index (κ3) is 2.93. The molecule has 6 heteroatoms. The van der Waals surface area contributed by atoms with E-state index in [4.69, 9.17) is 23.2 Å². The van der Waals surface area contributed by atoms with Gasteiger partial charge in [-0.05, 0) is 40.2 Å². The average molecular weight is 415 g/mol. The molecular weight excluding hydrogens is 411 g/mol. The number of benzene rings is 1. The van der Waals surface area contributed by atoms with Gasteiger partial charge in [0.05, 0.1) is 18.7 Å². The van der Waals surface area contributed by atoms with Crippen molar-refractivity contribution in [2.75, 3.05) is 0 Å². The second-order valence-corrected chi connectivity index (χ2v) is 7.29. The van der Waals surface area contributed by atoms with E-state index in [0.717, 1.165) is 8.26 Å². The minimum absolute atomic E-state index is 0.131. The Morgan fingerprint density at radius 2 is 1.82 bits per heavy atom. The molecule has 0 atom stereocenters. The van der Waals surface area contributed by atoms with Crippen LogP contribution >= 0.6 is 66.4 Å². The van der Waals surface area contributed by atoms with Gasteiger partial charge in [-0.25, -0.2) is 0 Å². The minimum atomic E-state index is -0.131. The number of thiophene rings is 1. The van der Waals surface area contributed by atoms with Crippen molar-refractivity contribution >= 4 is 72.2 Å². The molecule has 0 radical (unpaired) electrons. The predicted octanol–water partition coefficient (Wildman–Crippen LogP) is 5.81. The molecule has 0 saturated heterocycles. The zero-order valence-electron chi connectivity index (χ0n) is 8.14. The molecule has 0 bridgehead atoms. The maximum atomic E-state index is 12.2. The Balaban J connectivity index is 2.47. The van der Waals surface area contributed by atoms with Crippen LogP contribution in [0.4, 0.5) is 0 Å². The third-order valence-electron chi connectivity index (χ3n) is 2.04. The molecule has 88 valence electrons. The molecule has 1 heterocycles. The fraction of sp³-hybridized carbons (Fsp3) is 0. The van der Waals surface area contributed by atoms with E-state index in [9.17, 15) is 4.79 Å². The summed E-state index contributed by atoms with van der Waals surface area (Å²) in [5.41, 5.74) is 0.464. The second kappa shape index (κ2) is 5.41. The molecule has 0 N–H and O–H groups in total. The van der Waals surface area contributed by atoms with E-state index in [1.54, 1.807) is 24.3 Å². The summed E-state index contributed by atoms with van der Waals surface area (Å²) in [7, 11) is 0. The first kappa shape index (κ1) is 13.6. The van der Waals surface area contributed by atoms with Crippen molar-refractivity contribution in [1.29, 1.82) is 0 Å². The number of rotatable bonds is 2. The van der Waals surface area contributed by atoms with E-state index in [-0.39, 0.29) is 5.78 Å². The van der Waals surface area contributed by atoms with Crippen molar-refractivity contribution < 1.29 is 4.79 Å². The number of halogens is 4.